The third kappa shape index (κ3) is 3.11. The van der Waals surface area contributed by atoms with Gasteiger partial charge in [-0.2, -0.15) is 5.10 Å². The van der Waals surface area contributed by atoms with E-state index in [4.69, 9.17) is 4.74 Å². The molecule has 0 bridgehead atoms. The number of amides is 1. The Labute approximate surface area is 168 Å². The predicted octanol–water partition coefficient (Wildman–Crippen LogP) is 3.78. The first-order valence-electron chi connectivity index (χ1n) is 9.74. The second-order valence-electron chi connectivity index (χ2n) is 7.35. The molecule has 0 radical (unpaired) electrons. The maximum Gasteiger partial charge on any atom is 0.271 e. The summed E-state index contributed by atoms with van der Waals surface area (Å²) in [5.41, 5.74) is 4.91. The molecular formula is C23H22N4O2. The van der Waals surface area contributed by atoms with Crippen LogP contribution in [-0.2, 0) is 11.8 Å². The largest absolute Gasteiger partial charge is 0.377 e. The molecule has 6 heteroatoms. The highest BCUT2D eigenvalue weighted by Gasteiger charge is 2.30. The molecule has 1 N–H and O–H groups in total. The standard InChI is InChI=1S/C23H22N4O2/c1-26-20-11-17(19-13-24-25-14-19)7-8-18(20)12-21(26)23(28)27-9-10-29-15-22(27)16-5-3-2-4-6-16/h2-8,11-14,22H,9-10,15H2,1H3,(H,24,25)/t22-/m1/s1. The Morgan fingerprint density at radius 2 is 2.00 bits per heavy atom. The lowest BCUT2D eigenvalue weighted by molar-refractivity contribution is -0.00316. The van der Waals surface area contributed by atoms with E-state index in [1.165, 1.54) is 0 Å². The normalized spacial score (nSPS) is 17.0. The summed E-state index contributed by atoms with van der Waals surface area (Å²) >= 11 is 0. The van der Waals surface area contributed by atoms with E-state index in [-0.39, 0.29) is 11.9 Å². The van der Waals surface area contributed by atoms with E-state index in [1.807, 2.05) is 47.0 Å². The first-order chi connectivity index (χ1) is 14.2. The number of H-pyrrole nitrogens is 1. The van der Waals surface area contributed by atoms with E-state index in [0.29, 0.717) is 25.5 Å². The number of fused-ring (bicyclic) bond motifs is 1. The third-order valence-electron chi connectivity index (χ3n) is 5.67. The van der Waals surface area contributed by atoms with Gasteiger partial charge in [0.25, 0.3) is 5.91 Å². The fraction of sp³-hybridized carbons (Fsp3) is 0.217. The van der Waals surface area contributed by atoms with E-state index >= 15 is 0 Å². The molecule has 6 nitrogen and oxygen atoms in total. The number of morpholine rings is 1. The Kier molecular flexibility index (Phi) is 4.41. The molecule has 3 heterocycles. The van der Waals surface area contributed by atoms with Gasteiger partial charge in [-0.25, -0.2) is 0 Å². The van der Waals surface area contributed by atoms with Crippen LogP contribution in [0.5, 0.6) is 0 Å². The van der Waals surface area contributed by atoms with E-state index < -0.39 is 0 Å². The molecule has 2 aromatic heterocycles. The highest BCUT2D eigenvalue weighted by Crippen LogP contribution is 2.29. The number of carbonyl (C=O) groups excluding carboxylic acids is 1. The molecule has 0 aliphatic carbocycles. The lowest BCUT2D eigenvalue weighted by atomic mass is 10.0. The molecule has 29 heavy (non-hydrogen) atoms. The van der Waals surface area contributed by atoms with Crippen molar-refractivity contribution in [1.82, 2.24) is 19.7 Å². The molecule has 1 amide bonds. The minimum atomic E-state index is -0.0723. The molecule has 1 aliphatic rings. The number of rotatable bonds is 3. The van der Waals surface area contributed by atoms with Gasteiger partial charge in [0.15, 0.2) is 0 Å². The van der Waals surface area contributed by atoms with Crippen LogP contribution in [0.4, 0.5) is 0 Å². The van der Waals surface area contributed by atoms with Crippen LogP contribution >= 0.6 is 0 Å². The van der Waals surface area contributed by atoms with Crippen LogP contribution in [0.2, 0.25) is 0 Å². The molecule has 0 saturated carbocycles. The molecule has 2 aromatic carbocycles. The summed E-state index contributed by atoms with van der Waals surface area (Å²) < 4.78 is 7.67. The van der Waals surface area contributed by atoms with Crippen molar-refractivity contribution in [3.8, 4) is 11.1 Å². The molecule has 0 unspecified atom stereocenters. The van der Waals surface area contributed by atoms with E-state index in [2.05, 4.69) is 40.5 Å². The number of benzene rings is 2. The molecule has 4 aromatic rings. The first kappa shape index (κ1) is 17.7. The topological polar surface area (TPSA) is 63.1 Å². The van der Waals surface area contributed by atoms with Gasteiger partial charge in [-0.15, -0.1) is 0 Å². The Hall–Kier alpha value is -3.38. The van der Waals surface area contributed by atoms with Crippen molar-refractivity contribution < 1.29 is 9.53 Å². The number of carbonyl (C=O) groups is 1. The molecule has 1 aliphatic heterocycles. The van der Waals surface area contributed by atoms with Crippen LogP contribution in [0.15, 0.2) is 67.0 Å². The van der Waals surface area contributed by atoms with Crippen LogP contribution in [0.1, 0.15) is 22.1 Å². The third-order valence-corrected chi connectivity index (χ3v) is 5.67. The lowest BCUT2D eigenvalue weighted by Crippen LogP contribution is -2.43. The van der Waals surface area contributed by atoms with Gasteiger partial charge in [0.2, 0.25) is 0 Å². The molecule has 146 valence electrons. The zero-order chi connectivity index (χ0) is 19.8. The number of aromatic amines is 1. The van der Waals surface area contributed by atoms with Crippen molar-refractivity contribution in [3.05, 3.63) is 78.2 Å². The van der Waals surface area contributed by atoms with Gasteiger partial charge >= 0.3 is 0 Å². The van der Waals surface area contributed by atoms with Gasteiger partial charge in [-0.1, -0.05) is 42.5 Å². The monoisotopic (exact) mass is 386 g/mol. The maximum atomic E-state index is 13.5. The van der Waals surface area contributed by atoms with Gasteiger partial charge in [0.1, 0.15) is 5.69 Å². The van der Waals surface area contributed by atoms with Crippen molar-refractivity contribution in [2.75, 3.05) is 19.8 Å². The minimum absolute atomic E-state index is 0.0331. The minimum Gasteiger partial charge on any atom is -0.377 e. The summed E-state index contributed by atoms with van der Waals surface area (Å²) in [4.78, 5) is 15.5. The molecule has 0 spiro atoms. The van der Waals surface area contributed by atoms with Crippen LogP contribution < -0.4 is 0 Å². The highest BCUT2D eigenvalue weighted by molar-refractivity contribution is 5.99. The summed E-state index contributed by atoms with van der Waals surface area (Å²) in [5, 5.41) is 7.93. The zero-order valence-electron chi connectivity index (χ0n) is 16.2. The number of nitrogens with one attached hydrogen (secondary N) is 1. The summed E-state index contributed by atoms with van der Waals surface area (Å²) in [6.07, 6.45) is 3.67. The fourth-order valence-electron chi connectivity index (χ4n) is 4.07. The molecule has 1 fully saturated rings. The fourth-order valence-corrected chi connectivity index (χ4v) is 4.07. The van der Waals surface area contributed by atoms with Crippen LogP contribution in [0, 0.1) is 0 Å². The Morgan fingerprint density at radius 3 is 2.79 bits per heavy atom. The SMILES string of the molecule is Cn1c(C(=O)N2CCOC[C@@H]2c2ccccc2)cc2ccc(-c3cn[nH]c3)cc21. The summed E-state index contributed by atoms with van der Waals surface area (Å²) in [5.74, 6) is 0.0331. The van der Waals surface area contributed by atoms with E-state index in [9.17, 15) is 4.79 Å². The second kappa shape index (κ2) is 7.22. The van der Waals surface area contributed by atoms with Gasteiger partial charge in [0.05, 0.1) is 25.5 Å². The Balaban J connectivity index is 1.52. The number of nitrogens with zero attached hydrogens (tertiary/aromatic N) is 3. The van der Waals surface area contributed by atoms with Crippen molar-refractivity contribution in [1.29, 1.82) is 0 Å². The summed E-state index contributed by atoms with van der Waals surface area (Å²) in [6.45, 7) is 1.66. The average molecular weight is 386 g/mol. The van der Waals surface area contributed by atoms with Crippen LogP contribution in [0.3, 0.4) is 0 Å². The van der Waals surface area contributed by atoms with Gasteiger partial charge in [-0.05, 0) is 23.3 Å². The summed E-state index contributed by atoms with van der Waals surface area (Å²) in [7, 11) is 1.95. The van der Waals surface area contributed by atoms with Crippen LogP contribution in [-0.4, -0.2) is 45.3 Å². The van der Waals surface area contributed by atoms with Gasteiger partial charge < -0.3 is 14.2 Å². The number of aromatic nitrogens is 3. The molecule has 1 saturated heterocycles. The number of hydrogen-bond donors (Lipinski definition) is 1. The Morgan fingerprint density at radius 1 is 1.14 bits per heavy atom. The van der Waals surface area contributed by atoms with Crippen molar-refractivity contribution in [2.45, 2.75) is 6.04 Å². The maximum absolute atomic E-state index is 13.5. The average Bonchev–Trinajstić information content (AvgIpc) is 3.42. The molecule has 5 rings (SSSR count). The summed E-state index contributed by atoms with van der Waals surface area (Å²) in [6, 6.07) is 18.2. The zero-order valence-corrected chi connectivity index (χ0v) is 16.2. The Bertz CT molecular complexity index is 1150. The van der Waals surface area contributed by atoms with Gasteiger partial charge in [0, 0.05) is 36.3 Å². The predicted molar refractivity (Wildman–Crippen MR) is 112 cm³/mol. The van der Waals surface area contributed by atoms with E-state index in [1.54, 1.807) is 6.20 Å². The lowest BCUT2D eigenvalue weighted by Gasteiger charge is -2.36. The highest BCUT2D eigenvalue weighted by atomic mass is 16.5. The number of ether oxygens (including phenoxy) is 1. The van der Waals surface area contributed by atoms with Crippen LogP contribution in [0.25, 0.3) is 22.0 Å². The van der Waals surface area contributed by atoms with Gasteiger partial charge in [-0.3, -0.25) is 9.89 Å². The first-order valence-corrected chi connectivity index (χ1v) is 9.74. The number of aryl methyl sites for hydroxylation is 1. The van der Waals surface area contributed by atoms with Crippen molar-refractivity contribution in [3.63, 3.8) is 0 Å². The quantitative estimate of drug-likeness (QED) is 0.583. The second-order valence-corrected chi connectivity index (χ2v) is 7.35. The van der Waals surface area contributed by atoms with Crippen molar-refractivity contribution >= 4 is 16.8 Å². The van der Waals surface area contributed by atoms with E-state index in [0.717, 1.165) is 27.6 Å². The number of hydrogen-bond acceptors (Lipinski definition) is 3. The molecular weight excluding hydrogens is 364 g/mol. The van der Waals surface area contributed by atoms with Crippen molar-refractivity contribution in [2.24, 2.45) is 7.05 Å². The smallest absolute Gasteiger partial charge is 0.271 e. The molecule has 1 atom stereocenters.